The van der Waals surface area contributed by atoms with Gasteiger partial charge in [0.05, 0.1) is 22.9 Å². The molecule has 2 aromatic rings. The van der Waals surface area contributed by atoms with Crippen LogP contribution in [0.15, 0.2) is 42.5 Å². The zero-order valence-electron chi connectivity index (χ0n) is 18.7. The number of benzene rings is 2. The lowest BCUT2D eigenvalue weighted by Crippen LogP contribution is -2.43. The molecule has 3 rings (SSSR count). The molecule has 1 N–H and O–H groups in total. The first kappa shape index (κ1) is 22.8. The van der Waals surface area contributed by atoms with Gasteiger partial charge in [-0.1, -0.05) is 18.2 Å². The summed E-state index contributed by atoms with van der Waals surface area (Å²) in [6.07, 6.45) is 1.69. The molecule has 1 aliphatic rings. The van der Waals surface area contributed by atoms with Crippen molar-refractivity contribution >= 4 is 17.3 Å². The molecule has 1 heterocycles. The van der Waals surface area contributed by atoms with Crippen molar-refractivity contribution in [2.75, 3.05) is 18.0 Å². The van der Waals surface area contributed by atoms with Gasteiger partial charge in [0.15, 0.2) is 5.82 Å². The molecule has 0 unspecified atom stereocenters. The Labute approximate surface area is 184 Å². The van der Waals surface area contributed by atoms with Crippen molar-refractivity contribution in [3.8, 4) is 6.07 Å². The minimum Gasteiger partial charge on any atom is -0.336 e. The second-order valence-corrected chi connectivity index (χ2v) is 8.56. The van der Waals surface area contributed by atoms with Crippen LogP contribution in [0.5, 0.6) is 0 Å². The summed E-state index contributed by atoms with van der Waals surface area (Å²) < 4.78 is 16.0. The van der Waals surface area contributed by atoms with E-state index in [0.717, 1.165) is 31.6 Å². The highest BCUT2D eigenvalue weighted by molar-refractivity contribution is 5.96. The van der Waals surface area contributed by atoms with Crippen LogP contribution >= 0.6 is 0 Å². The molecule has 31 heavy (non-hydrogen) atoms. The predicted octanol–water partition coefficient (Wildman–Crippen LogP) is 4.85. The first-order valence-corrected chi connectivity index (χ1v) is 11.0. The van der Waals surface area contributed by atoms with Gasteiger partial charge in [-0.3, -0.25) is 4.79 Å². The first-order chi connectivity index (χ1) is 14.8. The lowest BCUT2D eigenvalue weighted by atomic mass is 9.99. The number of hydrogen-bond acceptors (Lipinski definition) is 4. The number of piperidine rings is 1. The predicted molar refractivity (Wildman–Crippen MR) is 122 cm³/mol. The molecule has 0 radical (unpaired) electrons. The topological polar surface area (TPSA) is 59.4 Å². The van der Waals surface area contributed by atoms with E-state index in [1.807, 2.05) is 62.9 Å². The Morgan fingerprint density at radius 3 is 2.26 bits per heavy atom. The number of carbonyl (C=O) groups excluding carboxylic acids is 1. The van der Waals surface area contributed by atoms with Crippen molar-refractivity contribution in [1.29, 1.82) is 5.26 Å². The smallest absolute Gasteiger partial charge is 0.257 e. The van der Waals surface area contributed by atoms with Crippen LogP contribution in [0, 0.1) is 17.1 Å². The number of amides is 1. The van der Waals surface area contributed by atoms with Crippen molar-refractivity contribution in [3.63, 3.8) is 0 Å². The first-order valence-electron chi connectivity index (χ1n) is 11.0. The van der Waals surface area contributed by atoms with Crippen LogP contribution < -0.4 is 10.2 Å². The molecule has 6 heteroatoms. The van der Waals surface area contributed by atoms with Crippen molar-refractivity contribution in [2.45, 2.75) is 58.7 Å². The molecule has 1 aliphatic heterocycles. The number of carbonyl (C=O) groups is 1. The Morgan fingerprint density at radius 1 is 1.10 bits per heavy atom. The molecule has 1 saturated heterocycles. The van der Waals surface area contributed by atoms with Crippen molar-refractivity contribution < 1.29 is 9.18 Å². The summed E-state index contributed by atoms with van der Waals surface area (Å²) in [6.45, 7) is 9.33. The van der Waals surface area contributed by atoms with E-state index in [1.165, 1.54) is 6.07 Å². The maximum absolute atomic E-state index is 16.0. The van der Waals surface area contributed by atoms with Crippen LogP contribution in [0.25, 0.3) is 0 Å². The molecule has 5 nitrogen and oxygen atoms in total. The van der Waals surface area contributed by atoms with Gasteiger partial charge in [-0.25, -0.2) is 4.39 Å². The van der Waals surface area contributed by atoms with Gasteiger partial charge in [-0.15, -0.1) is 0 Å². The van der Waals surface area contributed by atoms with E-state index in [2.05, 4.69) is 11.4 Å². The van der Waals surface area contributed by atoms with E-state index in [-0.39, 0.29) is 40.8 Å². The number of hydrogen-bond donors (Lipinski definition) is 1. The van der Waals surface area contributed by atoms with Gasteiger partial charge in [-0.05, 0) is 77.9 Å². The minimum atomic E-state index is -0.572. The Kier molecular flexibility index (Phi) is 7.29. The largest absolute Gasteiger partial charge is 0.336 e. The Bertz CT molecular complexity index is 938. The van der Waals surface area contributed by atoms with E-state index in [0.29, 0.717) is 0 Å². The Morgan fingerprint density at radius 2 is 1.71 bits per heavy atom. The van der Waals surface area contributed by atoms with E-state index < -0.39 is 5.82 Å². The summed E-state index contributed by atoms with van der Waals surface area (Å²) in [5, 5.41) is 13.0. The van der Waals surface area contributed by atoms with Gasteiger partial charge in [0.2, 0.25) is 0 Å². The SMILES string of the molecule is CC(C)N(C(=O)c1cc(C#N)cc(N(c2ccccc2)C2CCNCC2)c1F)C(C)C. The molecular formula is C25H31FN4O. The van der Waals surface area contributed by atoms with E-state index >= 15 is 4.39 Å². The Hall–Kier alpha value is -2.91. The summed E-state index contributed by atoms with van der Waals surface area (Å²) in [5.41, 5.74) is 1.37. The summed E-state index contributed by atoms with van der Waals surface area (Å²) in [4.78, 5) is 17.0. The van der Waals surface area contributed by atoms with E-state index in [1.54, 1.807) is 11.0 Å². The molecule has 2 aromatic carbocycles. The van der Waals surface area contributed by atoms with E-state index in [9.17, 15) is 10.1 Å². The van der Waals surface area contributed by atoms with Crippen LogP contribution in [-0.2, 0) is 0 Å². The maximum atomic E-state index is 16.0. The van der Waals surface area contributed by atoms with Crippen molar-refractivity contribution in [2.24, 2.45) is 0 Å². The van der Waals surface area contributed by atoms with Gasteiger partial charge in [0.1, 0.15) is 0 Å². The molecule has 1 fully saturated rings. The third kappa shape index (κ3) is 4.88. The minimum absolute atomic E-state index is 0.0497. The van der Waals surface area contributed by atoms with Gasteiger partial charge in [-0.2, -0.15) is 5.26 Å². The normalized spacial score (nSPS) is 14.5. The third-order valence-corrected chi connectivity index (χ3v) is 5.73. The quantitative estimate of drug-likeness (QED) is 0.723. The second kappa shape index (κ2) is 9.93. The number of nitrogens with one attached hydrogen (secondary N) is 1. The molecule has 0 atom stereocenters. The average molecular weight is 423 g/mol. The fourth-order valence-electron chi connectivity index (χ4n) is 4.41. The molecule has 0 aromatic heterocycles. The third-order valence-electron chi connectivity index (χ3n) is 5.73. The molecule has 0 saturated carbocycles. The standard InChI is InChI=1S/C25H31FN4O/c1-17(2)29(18(3)4)25(31)22-14-19(16-27)15-23(24(22)26)30(20-8-6-5-7-9-20)21-10-12-28-13-11-21/h5-9,14-15,17-18,21,28H,10-13H2,1-4H3. The second-order valence-electron chi connectivity index (χ2n) is 8.56. The summed E-state index contributed by atoms with van der Waals surface area (Å²) in [5.74, 6) is -0.961. The van der Waals surface area contributed by atoms with Crippen LogP contribution in [0.3, 0.4) is 0 Å². The molecule has 1 amide bonds. The Balaban J connectivity index is 2.17. The highest BCUT2D eigenvalue weighted by Crippen LogP contribution is 2.35. The summed E-state index contributed by atoms with van der Waals surface area (Å²) in [6, 6.07) is 14.6. The van der Waals surface area contributed by atoms with Gasteiger partial charge in [0.25, 0.3) is 5.91 Å². The van der Waals surface area contributed by atoms with Crippen LogP contribution in [-0.4, -0.2) is 42.0 Å². The number of para-hydroxylation sites is 1. The molecule has 0 aliphatic carbocycles. The lowest BCUT2D eigenvalue weighted by molar-refractivity contribution is 0.0639. The number of rotatable bonds is 6. The molecule has 164 valence electrons. The fourth-order valence-corrected chi connectivity index (χ4v) is 4.41. The van der Waals surface area contributed by atoms with Crippen molar-refractivity contribution in [1.82, 2.24) is 10.2 Å². The van der Waals surface area contributed by atoms with Crippen LogP contribution in [0.1, 0.15) is 56.5 Å². The summed E-state index contributed by atoms with van der Waals surface area (Å²) >= 11 is 0. The highest BCUT2D eigenvalue weighted by Gasteiger charge is 2.30. The lowest BCUT2D eigenvalue weighted by Gasteiger charge is -2.37. The molecule has 0 bridgehead atoms. The van der Waals surface area contributed by atoms with Gasteiger partial charge in [0, 0.05) is 23.8 Å². The number of nitrogens with zero attached hydrogens (tertiary/aromatic N) is 3. The van der Waals surface area contributed by atoms with Gasteiger partial charge >= 0.3 is 0 Å². The molecular weight excluding hydrogens is 391 g/mol. The van der Waals surface area contributed by atoms with Gasteiger partial charge < -0.3 is 15.1 Å². The number of anilines is 2. The van der Waals surface area contributed by atoms with Crippen molar-refractivity contribution in [3.05, 3.63) is 59.4 Å². The monoisotopic (exact) mass is 422 g/mol. The zero-order valence-corrected chi connectivity index (χ0v) is 18.7. The van der Waals surface area contributed by atoms with Crippen LogP contribution in [0.4, 0.5) is 15.8 Å². The zero-order chi connectivity index (χ0) is 22.5. The fraction of sp³-hybridized carbons (Fsp3) is 0.440. The average Bonchev–Trinajstić information content (AvgIpc) is 2.76. The highest BCUT2D eigenvalue weighted by atomic mass is 19.1. The maximum Gasteiger partial charge on any atom is 0.257 e. The summed E-state index contributed by atoms with van der Waals surface area (Å²) in [7, 11) is 0. The number of halogens is 1. The van der Waals surface area contributed by atoms with E-state index in [4.69, 9.17) is 0 Å². The van der Waals surface area contributed by atoms with Crippen LogP contribution in [0.2, 0.25) is 0 Å². The molecule has 0 spiro atoms. The number of nitriles is 1.